The van der Waals surface area contributed by atoms with Crippen molar-refractivity contribution in [3.63, 3.8) is 0 Å². The second-order valence-corrected chi connectivity index (χ2v) is 7.32. The van der Waals surface area contributed by atoms with Crippen LogP contribution in [0.5, 0.6) is 0 Å². The lowest BCUT2D eigenvalue weighted by atomic mass is 9.85. The predicted molar refractivity (Wildman–Crippen MR) is 102 cm³/mol. The first-order chi connectivity index (χ1) is 13.2. The second kappa shape index (κ2) is 9.74. The zero-order chi connectivity index (χ0) is 19.1. The average Bonchev–Trinajstić information content (AvgIpc) is 2.73. The lowest BCUT2D eigenvalue weighted by Crippen LogP contribution is -2.52. The molecule has 0 bridgehead atoms. The molecule has 0 radical (unpaired) electrons. The fourth-order valence-electron chi connectivity index (χ4n) is 4.02. The predicted octanol–water partition coefficient (Wildman–Crippen LogP) is 3.06. The van der Waals surface area contributed by atoms with Crippen LogP contribution >= 0.6 is 0 Å². The smallest absolute Gasteiger partial charge is 0.410 e. The number of benzene rings is 1. The van der Waals surface area contributed by atoms with Crippen LogP contribution in [0.1, 0.15) is 38.2 Å². The number of ether oxygens (including phenoxy) is 2. The van der Waals surface area contributed by atoms with E-state index in [1.807, 2.05) is 37.3 Å². The molecule has 1 aliphatic carbocycles. The van der Waals surface area contributed by atoms with Crippen LogP contribution in [0, 0.1) is 5.92 Å². The Labute approximate surface area is 161 Å². The van der Waals surface area contributed by atoms with Crippen molar-refractivity contribution in [2.45, 2.75) is 45.3 Å². The van der Waals surface area contributed by atoms with Gasteiger partial charge in [0.1, 0.15) is 6.61 Å². The average molecular weight is 374 g/mol. The molecule has 0 aromatic heterocycles. The van der Waals surface area contributed by atoms with Crippen molar-refractivity contribution >= 4 is 12.1 Å². The molecule has 148 valence electrons. The summed E-state index contributed by atoms with van der Waals surface area (Å²) >= 11 is 0. The van der Waals surface area contributed by atoms with E-state index < -0.39 is 0 Å². The number of hydrogen-bond acceptors (Lipinski definition) is 5. The first-order valence-electron chi connectivity index (χ1n) is 10.0. The Morgan fingerprint density at radius 3 is 2.26 bits per heavy atom. The van der Waals surface area contributed by atoms with Gasteiger partial charge in [0, 0.05) is 32.2 Å². The maximum absolute atomic E-state index is 12.3. The highest BCUT2D eigenvalue weighted by molar-refractivity contribution is 5.72. The van der Waals surface area contributed by atoms with Crippen molar-refractivity contribution in [3.05, 3.63) is 35.9 Å². The molecule has 2 aliphatic rings. The quantitative estimate of drug-likeness (QED) is 0.742. The number of nitrogens with zero attached hydrogens (tertiary/aromatic N) is 2. The van der Waals surface area contributed by atoms with Crippen LogP contribution < -0.4 is 0 Å². The Bertz CT molecular complexity index is 606. The topological polar surface area (TPSA) is 59.1 Å². The van der Waals surface area contributed by atoms with E-state index in [0.29, 0.717) is 32.3 Å². The van der Waals surface area contributed by atoms with Gasteiger partial charge in [-0.05, 0) is 38.2 Å². The molecule has 27 heavy (non-hydrogen) atoms. The van der Waals surface area contributed by atoms with Gasteiger partial charge >= 0.3 is 12.1 Å². The van der Waals surface area contributed by atoms with Crippen molar-refractivity contribution in [2.24, 2.45) is 5.92 Å². The zero-order valence-corrected chi connectivity index (χ0v) is 16.1. The van der Waals surface area contributed by atoms with E-state index >= 15 is 0 Å². The third kappa shape index (κ3) is 5.45. The maximum Gasteiger partial charge on any atom is 0.410 e. The van der Waals surface area contributed by atoms with Gasteiger partial charge in [-0.2, -0.15) is 0 Å². The molecule has 1 saturated heterocycles. The van der Waals surface area contributed by atoms with Gasteiger partial charge in [-0.25, -0.2) is 4.79 Å². The summed E-state index contributed by atoms with van der Waals surface area (Å²) in [5.74, 6) is 0.0254. The standard InChI is InChI=1S/C21H30N2O4/c1-2-26-20(24)18-8-10-19(11-9-18)22-12-14-23(15-13-22)21(25)27-16-17-6-4-3-5-7-17/h3-7,18-19H,2,8-16H2,1H3. The Hall–Kier alpha value is -2.08. The molecular formula is C21H30N2O4. The highest BCUT2D eigenvalue weighted by Crippen LogP contribution is 2.29. The Morgan fingerprint density at radius 1 is 0.963 bits per heavy atom. The van der Waals surface area contributed by atoms with E-state index in [2.05, 4.69) is 4.90 Å². The van der Waals surface area contributed by atoms with E-state index in [1.165, 1.54) is 0 Å². The highest BCUT2D eigenvalue weighted by atomic mass is 16.6. The lowest BCUT2D eigenvalue weighted by Gasteiger charge is -2.41. The third-order valence-corrected chi connectivity index (χ3v) is 5.61. The summed E-state index contributed by atoms with van der Waals surface area (Å²) in [7, 11) is 0. The van der Waals surface area contributed by atoms with E-state index in [1.54, 1.807) is 4.90 Å². The molecule has 1 amide bonds. The van der Waals surface area contributed by atoms with Crippen molar-refractivity contribution < 1.29 is 19.1 Å². The van der Waals surface area contributed by atoms with Gasteiger partial charge < -0.3 is 14.4 Å². The summed E-state index contributed by atoms with van der Waals surface area (Å²) < 4.78 is 10.6. The van der Waals surface area contributed by atoms with Gasteiger partial charge in [0.15, 0.2) is 0 Å². The fraction of sp³-hybridized carbons (Fsp3) is 0.619. The molecule has 3 rings (SSSR count). The summed E-state index contributed by atoms with van der Waals surface area (Å²) in [6, 6.07) is 10.3. The first kappa shape index (κ1) is 19.7. The van der Waals surface area contributed by atoms with Gasteiger partial charge in [0.05, 0.1) is 12.5 Å². The summed E-state index contributed by atoms with van der Waals surface area (Å²) in [5.41, 5.74) is 1.00. The Balaban J connectivity index is 1.37. The normalized spacial score (nSPS) is 23.7. The van der Waals surface area contributed by atoms with Crippen LogP contribution in [0.2, 0.25) is 0 Å². The van der Waals surface area contributed by atoms with Gasteiger partial charge in [0.2, 0.25) is 0 Å². The Morgan fingerprint density at radius 2 is 1.63 bits per heavy atom. The number of hydrogen-bond donors (Lipinski definition) is 0. The summed E-state index contributed by atoms with van der Waals surface area (Å²) in [6.45, 7) is 5.77. The highest BCUT2D eigenvalue weighted by Gasteiger charge is 2.32. The molecule has 1 saturated carbocycles. The summed E-state index contributed by atoms with van der Waals surface area (Å²) in [6.07, 6.45) is 3.64. The molecule has 2 fully saturated rings. The third-order valence-electron chi connectivity index (χ3n) is 5.61. The molecule has 0 atom stereocenters. The summed E-state index contributed by atoms with van der Waals surface area (Å²) in [5, 5.41) is 0. The minimum absolute atomic E-state index is 0.0399. The van der Waals surface area contributed by atoms with Crippen LogP contribution in [-0.2, 0) is 20.9 Å². The molecule has 0 spiro atoms. The number of amides is 1. The molecule has 1 aromatic carbocycles. The molecule has 0 N–H and O–H groups in total. The maximum atomic E-state index is 12.3. The molecule has 6 nitrogen and oxygen atoms in total. The van der Waals surface area contributed by atoms with E-state index in [9.17, 15) is 9.59 Å². The monoisotopic (exact) mass is 374 g/mol. The number of rotatable bonds is 5. The number of piperazine rings is 1. The molecule has 1 heterocycles. The number of carbonyl (C=O) groups excluding carboxylic acids is 2. The number of carbonyl (C=O) groups is 2. The van der Waals surface area contributed by atoms with Crippen molar-refractivity contribution in [1.29, 1.82) is 0 Å². The van der Waals surface area contributed by atoms with Gasteiger partial charge in [-0.1, -0.05) is 30.3 Å². The SMILES string of the molecule is CCOC(=O)C1CCC(N2CCN(C(=O)OCc3ccccc3)CC2)CC1. The van der Waals surface area contributed by atoms with Gasteiger partial charge in [0.25, 0.3) is 0 Å². The molecular weight excluding hydrogens is 344 g/mol. The first-order valence-corrected chi connectivity index (χ1v) is 10.0. The van der Waals surface area contributed by atoms with Crippen molar-refractivity contribution in [1.82, 2.24) is 9.80 Å². The van der Waals surface area contributed by atoms with Crippen LogP contribution in [0.15, 0.2) is 30.3 Å². The van der Waals surface area contributed by atoms with Crippen molar-refractivity contribution in [3.8, 4) is 0 Å². The molecule has 6 heteroatoms. The minimum Gasteiger partial charge on any atom is -0.466 e. The molecule has 1 aliphatic heterocycles. The van der Waals surface area contributed by atoms with Crippen LogP contribution in [0.3, 0.4) is 0 Å². The van der Waals surface area contributed by atoms with Gasteiger partial charge in [-0.15, -0.1) is 0 Å². The van der Waals surface area contributed by atoms with Crippen molar-refractivity contribution in [2.75, 3.05) is 32.8 Å². The largest absolute Gasteiger partial charge is 0.466 e. The van der Waals surface area contributed by atoms with Crippen LogP contribution in [0.4, 0.5) is 4.79 Å². The summed E-state index contributed by atoms with van der Waals surface area (Å²) in [4.78, 5) is 28.4. The zero-order valence-electron chi connectivity index (χ0n) is 16.1. The molecule has 0 unspecified atom stereocenters. The Kier molecular flexibility index (Phi) is 7.10. The van der Waals surface area contributed by atoms with E-state index in [-0.39, 0.29) is 18.0 Å². The fourth-order valence-corrected chi connectivity index (χ4v) is 4.02. The molecule has 1 aromatic rings. The van der Waals surface area contributed by atoms with E-state index in [4.69, 9.17) is 9.47 Å². The second-order valence-electron chi connectivity index (χ2n) is 7.32. The number of esters is 1. The minimum atomic E-state index is -0.232. The van der Waals surface area contributed by atoms with Crippen LogP contribution in [0.25, 0.3) is 0 Å². The van der Waals surface area contributed by atoms with Gasteiger partial charge in [-0.3, -0.25) is 9.69 Å². The van der Waals surface area contributed by atoms with Crippen LogP contribution in [-0.4, -0.2) is 60.7 Å². The lowest BCUT2D eigenvalue weighted by molar-refractivity contribution is -0.149. The van der Waals surface area contributed by atoms with E-state index in [0.717, 1.165) is 44.3 Å².